The SMILES string of the molecule is CCCNC(c1ccc(Cl)s1)c1c(Cl)cccc1Cl. The van der Waals surface area contributed by atoms with Crippen molar-refractivity contribution in [2.75, 3.05) is 6.54 Å². The maximum atomic E-state index is 6.31. The smallest absolute Gasteiger partial charge is 0.0931 e. The minimum absolute atomic E-state index is 0.0151. The monoisotopic (exact) mass is 333 g/mol. The van der Waals surface area contributed by atoms with Crippen molar-refractivity contribution in [3.8, 4) is 0 Å². The number of benzene rings is 1. The maximum Gasteiger partial charge on any atom is 0.0931 e. The summed E-state index contributed by atoms with van der Waals surface area (Å²) in [6, 6.07) is 9.47. The predicted molar refractivity (Wildman–Crippen MR) is 85.9 cm³/mol. The number of rotatable bonds is 5. The Bertz CT molecular complexity index is 533. The number of hydrogen-bond acceptors (Lipinski definition) is 2. The fraction of sp³-hybridized carbons (Fsp3) is 0.286. The minimum Gasteiger partial charge on any atom is -0.306 e. The fourth-order valence-corrected chi connectivity index (χ4v) is 3.67. The molecule has 1 unspecified atom stereocenters. The van der Waals surface area contributed by atoms with Gasteiger partial charge in [0, 0.05) is 20.5 Å². The first-order chi connectivity index (χ1) is 9.13. The summed E-state index contributed by atoms with van der Waals surface area (Å²) in [6.07, 6.45) is 1.04. The lowest BCUT2D eigenvalue weighted by Crippen LogP contribution is -2.23. The summed E-state index contributed by atoms with van der Waals surface area (Å²) < 4.78 is 0.765. The van der Waals surface area contributed by atoms with Gasteiger partial charge in [-0.05, 0) is 37.2 Å². The minimum atomic E-state index is -0.0151. The summed E-state index contributed by atoms with van der Waals surface area (Å²) in [4.78, 5) is 1.12. The van der Waals surface area contributed by atoms with Crippen LogP contribution in [0.3, 0.4) is 0 Å². The molecular weight excluding hydrogens is 321 g/mol. The Morgan fingerprint density at radius 2 is 1.79 bits per heavy atom. The number of halogens is 3. The van der Waals surface area contributed by atoms with Gasteiger partial charge in [0.2, 0.25) is 0 Å². The molecule has 1 aromatic heterocycles. The van der Waals surface area contributed by atoms with E-state index >= 15 is 0 Å². The molecule has 2 aromatic rings. The highest BCUT2D eigenvalue weighted by atomic mass is 35.5. The van der Waals surface area contributed by atoms with E-state index in [0.29, 0.717) is 10.0 Å². The molecule has 19 heavy (non-hydrogen) atoms. The van der Waals surface area contributed by atoms with Gasteiger partial charge in [0.25, 0.3) is 0 Å². The van der Waals surface area contributed by atoms with Crippen LogP contribution in [0.15, 0.2) is 30.3 Å². The molecule has 1 nitrogen and oxygen atoms in total. The van der Waals surface area contributed by atoms with Gasteiger partial charge in [-0.15, -0.1) is 11.3 Å². The van der Waals surface area contributed by atoms with Crippen molar-refractivity contribution in [3.63, 3.8) is 0 Å². The van der Waals surface area contributed by atoms with Gasteiger partial charge in [-0.25, -0.2) is 0 Å². The Labute approximate surface area is 132 Å². The standard InChI is InChI=1S/C14H14Cl3NS/c1-2-8-18-14(11-6-7-12(17)19-11)13-9(15)4-3-5-10(13)16/h3-7,14,18H,2,8H2,1H3. The average Bonchev–Trinajstić information content (AvgIpc) is 2.79. The third-order valence-electron chi connectivity index (χ3n) is 2.77. The third-order valence-corrected chi connectivity index (χ3v) is 4.72. The van der Waals surface area contributed by atoms with Gasteiger partial charge in [0.05, 0.1) is 10.4 Å². The quantitative estimate of drug-likeness (QED) is 0.729. The molecule has 102 valence electrons. The number of thiophene rings is 1. The molecule has 0 aliphatic carbocycles. The lowest BCUT2D eigenvalue weighted by Gasteiger charge is -2.20. The highest BCUT2D eigenvalue weighted by Gasteiger charge is 2.20. The summed E-state index contributed by atoms with van der Waals surface area (Å²) >= 11 is 20.2. The van der Waals surface area contributed by atoms with Crippen LogP contribution in [-0.4, -0.2) is 6.54 Å². The zero-order chi connectivity index (χ0) is 13.8. The Hall–Kier alpha value is -0.250. The zero-order valence-electron chi connectivity index (χ0n) is 10.4. The Kier molecular flexibility index (Phi) is 5.55. The second-order valence-electron chi connectivity index (χ2n) is 4.16. The van der Waals surface area contributed by atoms with Crippen LogP contribution in [-0.2, 0) is 0 Å². The normalized spacial score (nSPS) is 12.6. The molecule has 0 aliphatic heterocycles. The van der Waals surface area contributed by atoms with E-state index in [4.69, 9.17) is 34.8 Å². The maximum absolute atomic E-state index is 6.31. The third kappa shape index (κ3) is 3.65. The van der Waals surface area contributed by atoms with Crippen LogP contribution >= 0.6 is 46.1 Å². The van der Waals surface area contributed by atoms with Crippen molar-refractivity contribution < 1.29 is 0 Å². The van der Waals surface area contributed by atoms with E-state index in [1.165, 1.54) is 0 Å². The molecule has 5 heteroatoms. The molecule has 0 bridgehead atoms. The Morgan fingerprint density at radius 1 is 1.11 bits per heavy atom. The molecule has 0 spiro atoms. The van der Waals surface area contributed by atoms with E-state index in [1.807, 2.05) is 30.3 Å². The highest BCUT2D eigenvalue weighted by molar-refractivity contribution is 7.16. The van der Waals surface area contributed by atoms with E-state index in [2.05, 4.69) is 12.2 Å². The molecule has 1 atom stereocenters. The number of hydrogen-bond donors (Lipinski definition) is 1. The second-order valence-corrected chi connectivity index (χ2v) is 6.73. The van der Waals surface area contributed by atoms with E-state index in [9.17, 15) is 0 Å². The van der Waals surface area contributed by atoms with Crippen molar-refractivity contribution in [1.29, 1.82) is 0 Å². The summed E-state index contributed by atoms with van der Waals surface area (Å²) in [5.41, 5.74) is 0.915. The molecule has 1 N–H and O–H groups in total. The van der Waals surface area contributed by atoms with Gasteiger partial charge in [0.15, 0.2) is 0 Å². The summed E-state index contributed by atoms with van der Waals surface area (Å²) in [7, 11) is 0. The molecule has 0 saturated carbocycles. The molecule has 0 amide bonds. The fourth-order valence-electron chi connectivity index (χ4n) is 1.90. The number of nitrogens with one attached hydrogen (secondary N) is 1. The summed E-state index contributed by atoms with van der Waals surface area (Å²) in [5.74, 6) is 0. The first-order valence-electron chi connectivity index (χ1n) is 6.06. The van der Waals surface area contributed by atoms with Gasteiger partial charge in [0.1, 0.15) is 0 Å². The van der Waals surface area contributed by atoms with E-state index in [-0.39, 0.29) is 6.04 Å². The summed E-state index contributed by atoms with van der Waals surface area (Å²) in [6.45, 7) is 3.02. The van der Waals surface area contributed by atoms with Crippen molar-refractivity contribution >= 4 is 46.1 Å². The van der Waals surface area contributed by atoms with E-state index in [1.54, 1.807) is 11.3 Å². The lowest BCUT2D eigenvalue weighted by atomic mass is 10.0. The van der Waals surface area contributed by atoms with Gasteiger partial charge in [-0.2, -0.15) is 0 Å². The molecular formula is C14H14Cl3NS. The molecule has 0 radical (unpaired) electrons. The average molecular weight is 335 g/mol. The Balaban J connectivity index is 2.42. The van der Waals surface area contributed by atoms with E-state index in [0.717, 1.165) is 27.7 Å². The van der Waals surface area contributed by atoms with Gasteiger partial charge >= 0.3 is 0 Å². The van der Waals surface area contributed by atoms with Crippen LogP contribution < -0.4 is 5.32 Å². The predicted octanol–water partition coefficient (Wildman–Crippen LogP) is 5.80. The van der Waals surface area contributed by atoms with Crippen LogP contribution in [0.2, 0.25) is 14.4 Å². The van der Waals surface area contributed by atoms with Crippen molar-refractivity contribution in [2.45, 2.75) is 19.4 Å². The van der Waals surface area contributed by atoms with Gasteiger partial charge in [-0.1, -0.05) is 47.8 Å². The van der Waals surface area contributed by atoms with Crippen molar-refractivity contribution in [1.82, 2.24) is 5.32 Å². The molecule has 0 fully saturated rings. The Morgan fingerprint density at radius 3 is 2.32 bits per heavy atom. The molecule has 0 saturated heterocycles. The topological polar surface area (TPSA) is 12.0 Å². The molecule has 1 aromatic carbocycles. The van der Waals surface area contributed by atoms with Crippen LogP contribution in [0.25, 0.3) is 0 Å². The first kappa shape index (κ1) is 15.1. The van der Waals surface area contributed by atoms with Crippen molar-refractivity contribution in [3.05, 3.63) is 55.2 Å². The van der Waals surface area contributed by atoms with Crippen LogP contribution in [0.5, 0.6) is 0 Å². The molecule has 0 aliphatic rings. The first-order valence-corrected chi connectivity index (χ1v) is 8.01. The van der Waals surface area contributed by atoms with Gasteiger partial charge in [-0.3, -0.25) is 0 Å². The van der Waals surface area contributed by atoms with Crippen LogP contribution in [0, 0.1) is 0 Å². The molecule has 2 rings (SSSR count). The largest absolute Gasteiger partial charge is 0.306 e. The van der Waals surface area contributed by atoms with Crippen molar-refractivity contribution in [2.24, 2.45) is 0 Å². The van der Waals surface area contributed by atoms with E-state index < -0.39 is 0 Å². The highest BCUT2D eigenvalue weighted by Crippen LogP contribution is 2.37. The second kappa shape index (κ2) is 6.96. The molecule has 1 heterocycles. The van der Waals surface area contributed by atoms with Gasteiger partial charge < -0.3 is 5.32 Å². The summed E-state index contributed by atoms with van der Waals surface area (Å²) in [5, 5.41) is 4.82. The van der Waals surface area contributed by atoms with Crippen LogP contribution in [0.4, 0.5) is 0 Å². The zero-order valence-corrected chi connectivity index (χ0v) is 13.5. The lowest BCUT2D eigenvalue weighted by molar-refractivity contribution is 0.606. The van der Waals surface area contributed by atoms with Crippen LogP contribution in [0.1, 0.15) is 29.8 Å².